The number of hydrogen-bond acceptors (Lipinski definition) is 3. The van der Waals surface area contributed by atoms with Crippen molar-refractivity contribution in [3.05, 3.63) is 41.2 Å². The molecule has 2 aromatic rings. The van der Waals surface area contributed by atoms with Gasteiger partial charge >= 0.3 is 0 Å². The summed E-state index contributed by atoms with van der Waals surface area (Å²) in [4.78, 5) is 0. The van der Waals surface area contributed by atoms with Gasteiger partial charge in [0.25, 0.3) is 0 Å². The normalized spacial score (nSPS) is 10.8. The molecule has 0 aliphatic heterocycles. The predicted molar refractivity (Wildman–Crippen MR) is 82.1 cm³/mol. The summed E-state index contributed by atoms with van der Waals surface area (Å²) < 4.78 is 7.73. The Balaban J connectivity index is 2.33. The molecule has 20 heavy (non-hydrogen) atoms. The number of aryl methyl sites for hydroxylation is 2. The maximum atomic E-state index is 5.89. The third kappa shape index (κ3) is 3.13. The number of benzene rings is 1. The van der Waals surface area contributed by atoms with Gasteiger partial charge in [0.1, 0.15) is 5.75 Å². The van der Waals surface area contributed by atoms with Gasteiger partial charge in [-0.2, -0.15) is 5.10 Å². The quantitative estimate of drug-likeness (QED) is 0.823. The molecule has 4 nitrogen and oxygen atoms in total. The van der Waals surface area contributed by atoms with E-state index in [0.29, 0.717) is 13.2 Å². The van der Waals surface area contributed by atoms with E-state index in [4.69, 9.17) is 10.5 Å². The zero-order chi connectivity index (χ0) is 14.5. The maximum absolute atomic E-state index is 5.89. The van der Waals surface area contributed by atoms with E-state index in [1.165, 1.54) is 5.69 Å². The number of anilines is 1. The molecule has 0 fully saturated rings. The van der Waals surface area contributed by atoms with Crippen LogP contribution in [0, 0.1) is 0 Å². The fraction of sp³-hybridized carbons (Fsp3) is 0.438. The average molecular weight is 273 g/mol. The first-order valence-electron chi connectivity index (χ1n) is 7.24. The first-order chi connectivity index (χ1) is 9.67. The van der Waals surface area contributed by atoms with Crippen molar-refractivity contribution in [2.75, 3.05) is 12.3 Å². The first kappa shape index (κ1) is 14.4. The van der Waals surface area contributed by atoms with Gasteiger partial charge in [-0.25, -0.2) is 0 Å². The number of nitrogen functional groups attached to an aromatic ring is 1. The molecule has 2 N–H and O–H groups in total. The van der Waals surface area contributed by atoms with Crippen LogP contribution in [0.25, 0.3) is 0 Å². The molecule has 108 valence electrons. The second-order valence-electron chi connectivity index (χ2n) is 4.79. The number of rotatable bonds is 6. The van der Waals surface area contributed by atoms with E-state index in [-0.39, 0.29) is 0 Å². The van der Waals surface area contributed by atoms with Crippen LogP contribution in [0.15, 0.2) is 24.3 Å². The van der Waals surface area contributed by atoms with Gasteiger partial charge in [-0.05, 0) is 44.0 Å². The van der Waals surface area contributed by atoms with Crippen molar-refractivity contribution < 1.29 is 4.74 Å². The molecule has 0 atom stereocenters. The lowest BCUT2D eigenvalue weighted by atomic mass is 10.1. The molecule has 0 saturated carbocycles. The van der Waals surface area contributed by atoms with Crippen LogP contribution in [-0.4, -0.2) is 16.4 Å². The van der Waals surface area contributed by atoms with Crippen LogP contribution in [0.4, 0.5) is 5.69 Å². The monoisotopic (exact) mass is 273 g/mol. The molecular formula is C16H23N3O. The Morgan fingerprint density at radius 2 is 1.95 bits per heavy atom. The van der Waals surface area contributed by atoms with Crippen molar-refractivity contribution in [1.82, 2.24) is 9.78 Å². The summed E-state index contributed by atoms with van der Waals surface area (Å²) in [5, 5.41) is 4.65. The Labute approximate surface area is 120 Å². The summed E-state index contributed by atoms with van der Waals surface area (Å²) in [7, 11) is 0. The third-order valence-corrected chi connectivity index (χ3v) is 3.34. The van der Waals surface area contributed by atoms with Crippen LogP contribution in [0.5, 0.6) is 5.75 Å². The highest BCUT2D eigenvalue weighted by molar-refractivity contribution is 5.48. The highest BCUT2D eigenvalue weighted by Gasteiger charge is 2.10. The van der Waals surface area contributed by atoms with Crippen molar-refractivity contribution in [2.24, 2.45) is 0 Å². The lowest BCUT2D eigenvalue weighted by Gasteiger charge is -2.12. The van der Waals surface area contributed by atoms with Gasteiger partial charge in [0, 0.05) is 16.9 Å². The Bertz CT molecular complexity index is 575. The number of ether oxygens (including phenoxy) is 1. The van der Waals surface area contributed by atoms with E-state index in [1.54, 1.807) is 0 Å². The van der Waals surface area contributed by atoms with Gasteiger partial charge in [0.15, 0.2) is 0 Å². The number of nitrogens with two attached hydrogens (primary N) is 1. The Morgan fingerprint density at radius 1 is 1.15 bits per heavy atom. The molecule has 0 amide bonds. The van der Waals surface area contributed by atoms with E-state index >= 15 is 0 Å². The summed E-state index contributed by atoms with van der Waals surface area (Å²) in [5.41, 5.74) is 10.1. The van der Waals surface area contributed by atoms with Crippen molar-refractivity contribution >= 4 is 5.69 Å². The first-order valence-corrected chi connectivity index (χ1v) is 7.24. The van der Waals surface area contributed by atoms with Crippen LogP contribution in [0.2, 0.25) is 0 Å². The summed E-state index contributed by atoms with van der Waals surface area (Å²) in [6.45, 7) is 7.61. The summed E-state index contributed by atoms with van der Waals surface area (Å²) in [6, 6.07) is 7.95. The van der Waals surface area contributed by atoms with Gasteiger partial charge in [-0.3, -0.25) is 4.68 Å². The minimum Gasteiger partial charge on any atom is -0.494 e. The second-order valence-corrected chi connectivity index (χ2v) is 4.79. The summed E-state index contributed by atoms with van der Waals surface area (Å²) in [6.07, 6.45) is 1.93. The molecule has 1 aromatic carbocycles. The minimum atomic E-state index is 0.650. The van der Waals surface area contributed by atoms with E-state index in [1.807, 2.05) is 25.1 Å². The summed E-state index contributed by atoms with van der Waals surface area (Å²) in [5.74, 6) is 0.886. The number of nitrogens with zero attached hydrogens (tertiary/aromatic N) is 2. The topological polar surface area (TPSA) is 53.1 Å². The van der Waals surface area contributed by atoms with Crippen LogP contribution in [0.3, 0.4) is 0 Å². The summed E-state index contributed by atoms with van der Waals surface area (Å²) >= 11 is 0. The van der Waals surface area contributed by atoms with Crippen LogP contribution >= 0.6 is 0 Å². The Hall–Kier alpha value is -1.97. The van der Waals surface area contributed by atoms with E-state index in [0.717, 1.165) is 35.5 Å². The SMILES string of the molecule is CCOc1ccc(N)cc1Cn1nc(CC)cc1CC. The van der Waals surface area contributed by atoms with E-state index in [9.17, 15) is 0 Å². The zero-order valence-electron chi connectivity index (χ0n) is 12.5. The molecule has 4 heteroatoms. The van der Waals surface area contributed by atoms with Gasteiger partial charge in [0.2, 0.25) is 0 Å². The predicted octanol–water partition coefficient (Wildman–Crippen LogP) is 3.04. The fourth-order valence-electron chi connectivity index (χ4n) is 2.29. The smallest absolute Gasteiger partial charge is 0.124 e. The molecule has 0 aliphatic rings. The van der Waals surface area contributed by atoms with E-state index < -0.39 is 0 Å². The number of aromatic nitrogens is 2. The van der Waals surface area contributed by atoms with Crippen molar-refractivity contribution in [3.8, 4) is 5.75 Å². The minimum absolute atomic E-state index is 0.650. The van der Waals surface area contributed by atoms with Gasteiger partial charge in [-0.1, -0.05) is 13.8 Å². The molecule has 1 aromatic heterocycles. The lowest BCUT2D eigenvalue weighted by molar-refractivity contribution is 0.335. The molecular weight excluding hydrogens is 250 g/mol. The van der Waals surface area contributed by atoms with Crippen LogP contribution in [0.1, 0.15) is 37.7 Å². The molecule has 0 radical (unpaired) electrons. The van der Waals surface area contributed by atoms with Gasteiger partial charge < -0.3 is 10.5 Å². The second kappa shape index (κ2) is 6.46. The molecule has 0 unspecified atom stereocenters. The average Bonchev–Trinajstić information content (AvgIpc) is 2.84. The third-order valence-electron chi connectivity index (χ3n) is 3.34. The highest BCUT2D eigenvalue weighted by Crippen LogP contribution is 2.23. The zero-order valence-corrected chi connectivity index (χ0v) is 12.5. The van der Waals surface area contributed by atoms with Gasteiger partial charge in [0.05, 0.1) is 18.8 Å². The Kier molecular flexibility index (Phi) is 4.66. The van der Waals surface area contributed by atoms with Crippen LogP contribution in [-0.2, 0) is 19.4 Å². The van der Waals surface area contributed by atoms with Crippen molar-refractivity contribution in [3.63, 3.8) is 0 Å². The standard InChI is InChI=1S/C16H23N3O/c1-4-14-10-15(5-2)19(18-14)11-12-9-13(17)7-8-16(12)20-6-3/h7-10H,4-6,11,17H2,1-3H3. The molecule has 0 bridgehead atoms. The highest BCUT2D eigenvalue weighted by atomic mass is 16.5. The van der Waals surface area contributed by atoms with Gasteiger partial charge in [-0.15, -0.1) is 0 Å². The Morgan fingerprint density at radius 3 is 2.60 bits per heavy atom. The largest absolute Gasteiger partial charge is 0.494 e. The van der Waals surface area contributed by atoms with Crippen molar-refractivity contribution in [1.29, 1.82) is 0 Å². The van der Waals surface area contributed by atoms with Crippen LogP contribution < -0.4 is 10.5 Å². The molecule has 0 spiro atoms. The molecule has 1 heterocycles. The van der Waals surface area contributed by atoms with E-state index in [2.05, 4.69) is 29.7 Å². The molecule has 0 saturated heterocycles. The maximum Gasteiger partial charge on any atom is 0.124 e. The fourth-order valence-corrected chi connectivity index (χ4v) is 2.29. The van der Waals surface area contributed by atoms with Crippen molar-refractivity contribution in [2.45, 2.75) is 40.2 Å². The number of hydrogen-bond donors (Lipinski definition) is 1. The lowest BCUT2D eigenvalue weighted by Crippen LogP contribution is -2.08. The molecule has 0 aliphatic carbocycles. The molecule has 2 rings (SSSR count).